The Morgan fingerprint density at radius 3 is 0.833 bits per heavy atom. The number of hydrogen-bond donors (Lipinski definition) is 2. The summed E-state index contributed by atoms with van der Waals surface area (Å²) < 4.78 is 68.7. The number of ether oxygens (including phenoxy) is 7. The van der Waals surface area contributed by atoms with Crippen LogP contribution in [-0.2, 0) is 43.6 Å². The second-order valence-corrected chi connectivity index (χ2v) is 6.13. The van der Waals surface area contributed by atoms with Crippen molar-refractivity contribution in [2.24, 2.45) is 0 Å². The van der Waals surface area contributed by atoms with Gasteiger partial charge in [0.2, 0.25) is 0 Å². The smallest absolute Gasteiger partial charge is 0.377 e. The van der Waals surface area contributed by atoms with Gasteiger partial charge in [0.15, 0.2) is 0 Å². The molecule has 0 aliphatic carbocycles. The van der Waals surface area contributed by atoms with E-state index in [1.165, 1.54) is 0 Å². The molecule has 0 saturated carbocycles. The van der Waals surface area contributed by atoms with E-state index in [0.717, 1.165) is 0 Å². The van der Waals surface area contributed by atoms with Gasteiger partial charge in [-0.1, -0.05) is 12.2 Å². The maximum absolute atomic E-state index is 8.74. The summed E-state index contributed by atoms with van der Waals surface area (Å²) in [6, 6.07) is 0. The Morgan fingerprint density at radius 2 is 0.667 bits per heavy atom. The van der Waals surface area contributed by atoms with Gasteiger partial charge >= 0.3 is 10.4 Å². The van der Waals surface area contributed by atoms with Crippen molar-refractivity contribution >= 4 is 10.4 Å². The quantitative estimate of drug-likeness (QED) is 0.135. The van der Waals surface area contributed by atoms with Gasteiger partial charge in [-0.2, -0.15) is 8.42 Å². The molecule has 11 nitrogen and oxygen atoms in total. The normalized spacial score (nSPS) is 11.0. The van der Waals surface area contributed by atoms with Crippen LogP contribution in [0.5, 0.6) is 0 Å². The van der Waals surface area contributed by atoms with Crippen LogP contribution in [0.3, 0.4) is 0 Å². The molecule has 0 heterocycles. The first-order valence-electron chi connectivity index (χ1n) is 9.37. The molecule has 0 unspecified atom stereocenters. The summed E-state index contributed by atoms with van der Waals surface area (Å²) in [4.78, 5) is 0. The molecule has 0 saturated heterocycles. The molecule has 12 heteroatoms. The molecule has 0 aromatic carbocycles. The Labute approximate surface area is 179 Å². The zero-order valence-electron chi connectivity index (χ0n) is 17.4. The van der Waals surface area contributed by atoms with E-state index in [0.29, 0.717) is 92.5 Å². The monoisotopic (exact) mass is 460 g/mol. The average molecular weight is 461 g/mol. The van der Waals surface area contributed by atoms with Gasteiger partial charge in [-0.05, 0) is 0 Å². The summed E-state index contributed by atoms with van der Waals surface area (Å²) in [5.41, 5.74) is 0. The van der Waals surface area contributed by atoms with Crippen molar-refractivity contribution in [1.29, 1.82) is 0 Å². The minimum Gasteiger partial charge on any atom is -0.377 e. The molecule has 0 aromatic rings. The predicted molar refractivity (Wildman–Crippen MR) is 110 cm³/mol. The van der Waals surface area contributed by atoms with Crippen molar-refractivity contribution in [3.05, 3.63) is 25.3 Å². The van der Waals surface area contributed by atoms with Gasteiger partial charge in [-0.3, -0.25) is 9.11 Å². The van der Waals surface area contributed by atoms with Crippen molar-refractivity contribution in [3.63, 3.8) is 0 Å². The Kier molecular flexibility index (Phi) is 27.2. The van der Waals surface area contributed by atoms with E-state index in [-0.39, 0.29) is 0 Å². The van der Waals surface area contributed by atoms with Crippen LogP contribution in [0.1, 0.15) is 0 Å². The van der Waals surface area contributed by atoms with Crippen LogP contribution in [0.2, 0.25) is 0 Å². The zero-order valence-corrected chi connectivity index (χ0v) is 18.3. The van der Waals surface area contributed by atoms with Crippen molar-refractivity contribution in [2.75, 3.05) is 92.5 Å². The van der Waals surface area contributed by atoms with Crippen molar-refractivity contribution < 1.29 is 50.7 Å². The summed E-state index contributed by atoms with van der Waals surface area (Å²) >= 11 is 0. The van der Waals surface area contributed by atoms with Crippen LogP contribution >= 0.6 is 0 Å². The SMILES string of the molecule is C=CCOCCOCCOCCOCCOCCOCCOCC=C.O=S(=O)(O)O. The summed E-state index contributed by atoms with van der Waals surface area (Å²) in [6.45, 7) is 14.9. The highest BCUT2D eigenvalue weighted by molar-refractivity contribution is 7.79. The van der Waals surface area contributed by atoms with Crippen LogP contribution in [0, 0.1) is 0 Å². The highest BCUT2D eigenvalue weighted by Gasteiger charge is 1.94. The van der Waals surface area contributed by atoms with Crippen LogP contribution in [0.15, 0.2) is 25.3 Å². The van der Waals surface area contributed by atoms with E-state index < -0.39 is 10.4 Å². The van der Waals surface area contributed by atoms with Crippen molar-refractivity contribution in [2.45, 2.75) is 0 Å². The first-order valence-corrected chi connectivity index (χ1v) is 10.8. The van der Waals surface area contributed by atoms with Crippen LogP contribution in [0.4, 0.5) is 0 Å². The lowest BCUT2D eigenvalue weighted by Gasteiger charge is -2.08. The summed E-state index contributed by atoms with van der Waals surface area (Å²) in [6.07, 6.45) is 3.43. The summed E-state index contributed by atoms with van der Waals surface area (Å²) in [5.74, 6) is 0. The molecule has 30 heavy (non-hydrogen) atoms. The van der Waals surface area contributed by atoms with E-state index in [1.54, 1.807) is 12.2 Å². The molecule has 0 fully saturated rings. The molecule has 0 aromatic heterocycles. The van der Waals surface area contributed by atoms with Crippen LogP contribution in [0.25, 0.3) is 0 Å². The van der Waals surface area contributed by atoms with Gasteiger partial charge < -0.3 is 33.2 Å². The maximum atomic E-state index is 8.74. The second kappa shape index (κ2) is 26.1. The van der Waals surface area contributed by atoms with E-state index in [9.17, 15) is 0 Å². The number of rotatable bonds is 22. The largest absolute Gasteiger partial charge is 0.394 e. The Morgan fingerprint density at radius 1 is 0.500 bits per heavy atom. The molecule has 0 radical (unpaired) electrons. The Bertz CT molecular complexity index is 423. The summed E-state index contributed by atoms with van der Waals surface area (Å²) in [7, 11) is -4.67. The first-order chi connectivity index (χ1) is 14.4. The van der Waals surface area contributed by atoms with Gasteiger partial charge in [0.25, 0.3) is 0 Å². The van der Waals surface area contributed by atoms with Crippen LogP contribution < -0.4 is 0 Å². The highest BCUT2D eigenvalue weighted by atomic mass is 32.3. The topological polar surface area (TPSA) is 139 Å². The fraction of sp³-hybridized carbons (Fsp3) is 0.778. The minimum absolute atomic E-state index is 0.545. The number of hydrogen-bond acceptors (Lipinski definition) is 9. The fourth-order valence-corrected chi connectivity index (χ4v) is 1.55. The standard InChI is InChI=1S/C18H34O7.H2O4S/c1-3-5-19-7-9-21-11-13-23-15-17-25-18-16-24-14-12-22-10-8-20-6-4-2;1-5(2,3)4/h3-4H,1-2,5-18H2;(H2,1,2,3,4). The molecule has 0 rings (SSSR count). The lowest BCUT2D eigenvalue weighted by atomic mass is 10.6. The molecule has 0 atom stereocenters. The molecular formula is C18H36O11S. The third-order valence-corrected chi connectivity index (χ3v) is 2.70. The lowest BCUT2D eigenvalue weighted by Crippen LogP contribution is -2.14. The fourth-order valence-electron chi connectivity index (χ4n) is 1.55. The summed E-state index contributed by atoms with van der Waals surface area (Å²) in [5, 5.41) is 0. The van der Waals surface area contributed by atoms with Gasteiger partial charge in [-0.25, -0.2) is 0 Å². The Balaban J connectivity index is 0. The van der Waals surface area contributed by atoms with Crippen molar-refractivity contribution in [3.8, 4) is 0 Å². The molecule has 180 valence electrons. The third-order valence-electron chi connectivity index (χ3n) is 2.70. The van der Waals surface area contributed by atoms with Gasteiger partial charge in [0.05, 0.1) is 92.5 Å². The van der Waals surface area contributed by atoms with Gasteiger partial charge in [0, 0.05) is 0 Å². The third kappa shape index (κ3) is 41.4. The first kappa shape index (κ1) is 31.3. The lowest BCUT2D eigenvalue weighted by molar-refractivity contribution is -0.0189. The molecule has 0 bridgehead atoms. The molecular weight excluding hydrogens is 424 g/mol. The van der Waals surface area contributed by atoms with Gasteiger partial charge in [-0.15, -0.1) is 13.2 Å². The van der Waals surface area contributed by atoms with E-state index in [2.05, 4.69) is 13.2 Å². The van der Waals surface area contributed by atoms with Gasteiger partial charge in [0.1, 0.15) is 0 Å². The molecule has 0 amide bonds. The van der Waals surface area contributed by atoms with Crippen LogP contribution in [-0.4, -0.2) is 110 Å². The molecule has 2 N–H and O–H groups in total. The highest BCUT2D eigenvalue weighted by Crippen LogP contribution is 1.85. The average Bonchev–Trinajstić information content (AvgIpc) is 2.68. The predicted octanol–water partition coefficient (Wildman–Crippen LogP) is 0.822. The Hall–Kier alpha value is -0.930. The van der Waals surface area contributed by atoms with E-state index >= 15 is 0 Å². The molecule has 0 aliphatic rings. The van der Waals surface area contributed by atoms with E-state index in [4.69, 9.17) is 50.7 Å². The van der Waals surface area contributed by atoms with E-state index in [1.807, 2.05) is 0 Å². The minimum atomic E-state index is -4.67. The zero-order chi connectivity index (χ0) is 22.8. The second-order valence-electron chi connectivity index (χ2n) is 5.24. The van der Waals surface area contributed by atoms with Crippen molar-refractivity contribution in [1.82, 2.24) is 0 Å². The molecule has 0 aliphatic heterocycles. The molecule has 0 spiro atoms. The maximum Gasteiger partial charge on any atom is 0.394 e.